The molecular formula is C9H13IN2O. The van der Waals surface area contributed by atoms with Gasteiger partial charge in [-0.25, -0.2) is 4.98 Å². The van der Waals surface area contributed by atoms with Gasteiger partial charge in [-0.15, -0.1) is 0 Å². The zero-order valence-corrected chi connectivity index (χ0v) is 9.65. The molecule has 0 amide bonds. The van der Waals surface area contributed by atoms with Crippen LogP contribution in [-0.4, -0.2) is 22.7 Å². The number of aliphatic hydroxyl groups excluding tert-OH is 1. The lowest BCUT2D eigenvalue weighted by Gasteiger charge is -2.15. The van der Waals surface area contributed by atoms with E-state index in [1.807, 2.05) is 19.1 Å². The highest BCUT2D eigenvalue weighted by Gasteiger charge is 2.06. The summed E-state index contributed by atoms with van der Waals surface area (Å²) in [7, 11) is 0. The van der Waals surface area contributed by atoms with Crippen LogP contribution in [0.3, 0.4) is 0 Å². The van der Waals surface area contributed by atoms with Gasteiger partial charge in [-0.05, 0) is 41.1 Å². The minimum atomic E-state index is 0.100. The molecule has 1 aromatic rings. The van der Waals surface area contributed by atoms with Crippen LogP contribution < -0.4 is 5.32 Å². The van der Waals surface area contributed by atoms with Gasteiger partial charge in [0.1, 0.15) is 5.82 Å². The molecule has 0 aliphatic rings. The number of aromatic nitrogens is 1. The Morgan fingerprint density at radius 2 is 2.46 bits per heavy atom. The quantitative estimate of drug-likeness (QED) is 0.833. The van der Waals surface area contributed by atoms with Crippen molar-refractivity contribution in [1.82, 2.24) is 4.98 Å². The van der Waals surface area contributed by atoms with Crippen LogP contribution in [0.5, 0.6) is 0 Å². The molecule has 0 spiro atoms. The first-order chi connectivity index (χ1) is 6.27. The molecule has 2 N–H and O–H groups in total. The SMILES string of the molecule is CC[C@@H](CO)Nc1ncccc1I. The summed E-state index contributed by atoms with van der Waals surface area (Å²) in [6, 6.07) is 3.98. The van der Waals surface area contributed by atoms with E-state index in [1.165, 1.54) is 0 Å². The number of aliphatic hydroxyl groups is 1. The predicted molar refractivity (Wildman–Crippen MR) is 61.7 cm³/mol. The second-order valence-corrected chi connectivity index (χ2v) is 3.93. The second-order valence-electron chi connectivity index (χ2n) is 2.77. The Hall–Kier alpha value is -0.360. The molecule has 4 heteroatoms. The third kappa shape index (κ3) is 3.11. The van der Waals surface area contributed by atoms with Crippen LogP contribution in [0.25, 0.3) is 0 Å². The minimum Gasteiger partial charge on any atom is -0.394 e. The number of nitrogens with zero attached hydrogens (tertiary/aromatic N) is 1. The summed E-state index contributed by atoms with van der Waals surface area (Å²) in [5.41, 5.74) is 0. The van der Waals surface area contributed by atoms with Gasteiger partial charge in [0.25, 0.3) is 0 Å². The maximum atomic E-state index is 8.99. The Kier molecular flexibility index (Phi) is 4.44. The van der Waals surface area contributed by atoms with Crippen molar-refractivity contribution >= 4 is 28.4 Å². The van der Waals surface area contributed by atoms with Crippen LogP contribution in [0.1, 0.15) is 13.3 Å². The van der Waals surface area contributed by atoms with Gasteiger partial charge in [-0.3, -0.25) is 0 Å². The number of halogens is 1. The molecule has 0 aliphatic carbocycles. The number of anilines is 1. The summed E-state index contributed by atoms with van der Waals surface area (Å²) >= 11 is 2.22. The first-order valence-electron chi connectivity index (χ1n) is 4.25. The Labute approximate surface area is 91.7 Å². The fourth-order valence-electron chi connectivity index (χ4n) is 0.962. The molecule has 0 bridgehead atoms. The van der Waals surface area contributed by atoms with Crippen LogP contribution in [0.2, 0.25) is 0 Å². The van der Waals surface area contributed by atoms with Gasteiger partial charge in [-0.1, -0.05) is 6.92 Å². The molecule has 3 nitrogen and oxygen atoms in total. The monoisotopic (exact) mass is 292 g/mol. The largest absolute Gasteiger partial charge is 0.394 e. The fourth-order valence-corrected chi connectivity index (χ4v) is 1.46. The lowest BCUT2D eigenvalue weighted by Crippen LogP contribution is -2.23. The van der Waals surface area contributed by atoms with Gasteiger partial charge < -0.3 is 10.4 Å². The zero-order chi connectivity index (χ0) is 9.68. The lowest BCUT2D eigenvalue weighted by atomic mass is 10.2. The minimum absolute atomic E-state index is 0.100. The summed E-state index contributed by atoms with van der Waals surface area (Å²) in [6.45, 7) is 2.17. The van der Waals surface area contributed by atoms with Gasteiger partial charge in [-0.2, -0.15) is 0 Å². The van der Waals surface area contributed by atoms with Crippen LogP contribution in [0, 0.1) is 3.57 Å². The average molecular weight is 292 g/mol. The van der Waals surface area contributed by atoms with Crippen LogP contribution in [-0.2, 0) is 0 Å². The van der Waals surface area contributed by atoms with Gasteiger partial charge >= 0.3 is 0 Å². The maximum Gasteiger partial charge on any atom is 0.139 e. The molecule has 13 heavy (non-hydrogen) atoms. The van der Waals surface area contributed by atoms with Crippen molar-refractivity contribution in [3.63, 3.8) is 0 Å². The lowest BCUT2D eigenvalue weighted by molar-refractivity contribution is 0.271. The Bertz CT molecular complexity index is 264. The molecule has 1 heterocycles. The Balaban J connectivity index is 2.67. The summed E-state index contributed by atoms with van der Waals surface area (Å²) < 4.78 is 1.08. The highest BCUT2D eigenvalue weighted by Crippen LogP contribution is 2.15. The molecule has 0 fully saturated rings. The Morgan fingerprint density at radius 1 is 1.69 bits per heavy atom. The molecule has 0 unspecified atom stereocenters. The molecule has 1 aromatic heterocycles. The normalized spacial score (nSPS) is 12.5. The van der Waals surface area contributed by atoms with Crippen molar-refractivity contribution in [3.05, 3.63) is 21.9 Å². The maximum absolute atomic E-state index is 8.99. The molecule has 1 rings (SSSR count). The van der Waals surface area contributed by atoms with E-state index in [0.717, 1.165) is 15.8 Å². The topological polar surface area (TPSA) is 45.1 Å². The number of pyridine rings is 1. The van der Waals surface area contributed by atoms with E-state index >= 15 is 0 Å². The van der Waals surface area contributed by atoms with E-state index in [0.29, 0.717) is 0 Å². The standard InChI is InChI=1S/C9H13IN2O/c1-2-7(6-13)12-9-8(10)4-3-5-11-9/h3-5,7,13H,2,6H2,1H3,(H,11,12)/t7-/m0/s1. The zero-order valence-electron chi connectivity index (χ0n) is 7.50. The van der Waals surface area contributed by atoms with Crippen molar-refractivity contribution in [2.45, 2.75) is 19.4 Å². The van der Waals surface area contributed by atoms with Crippen molar-refractivity contribution in [1.29, 1.82) is 0 Å². The van der Waals surface area contributed by atoms with Crippen molar-refractivity contribution in [3.8, 4) is 0 Å². The molecule has 0 aromatic carbocycles. The van der Waals surface area contributed by atoms with Gasteiger partial charge in [0.05, 0.1) is 16.2 Å². The molecule has 72 valence electrons. The molecule has 0 saturated carbocycles. The van der Waals surface area contributed by atoms with Crippen LogP contribution in [0.4, 0.5) is 5.82 Å². The van der Waals surface area contributed by atoms with Crippen molar-refractivity contribution in [2.24, 2.45) is 0 Å². The Morgan fingerprint density at radius 3 is 3.00 bits per heavy atom. The first-order valence-corrected chi connectivity index (χ1v) is 5.33. The van der Waals surface area contributed by atoms with Crippen LogP contribution in [0.15, 0.2) is 18.3 Å². The van der Waals surface area contributed by atoms with E-state index in [2.05, 4.69) is 32.9 Å². The smallest absolute Gasteiger partial charge is 0.139 e. The van der Waals surface area contributed by atoms with E-state index in [9.17, 15) is 0 Å². The molecular weight excluding hydrogens is 279 g/mol. The summed E-state index contributed by atoms with van der Waals surface area (Å²) in [5, 5.41) is 12.2. The third-order valence-electron chi connectivity index (χ3n) is 1.81. The number of rotatable bonds is 4. The highest BCUT2D eigenvalue weighted by atomic mass is 127. The second kappa shape index (κ2) is 5.39. The summed E-state index contributed by atoms with van der Waals surface area (Å²) in [4.78, 5) is 4.18. The van der Waals surface area contributed by atoms with Gasteiger partial charge in [0.15, 0.2) is 0 Å². The predicted octanol–water partition coefficient (Wildman–Crippen LogP) is 1.87. The van der Waals surface area contributed by atoms with Gasteiger partial charge in [0.2, 0.25) is 0 Å². The van der Waals surface area contributed by atoms with E-state index in [1.54, 1.807) is 6.20 Å². The molecule has 0 aliphatic heterocycles. The number of hydrogen-bond donors (Lipinski definition) is 2. The third-order valence-corrected chi connectivity index (χ3v) is 2.68. The van der Waals surface area contributed by atoms with E-state index in [-0.39, 0.29) is 12.6 Å². The van der Waals surface area contributed by atoms with Crippen molar-refractivity contribution in [2.75, 3.05) is 11.9 Å². The summed E-state index contributed by atoms with van der Waals surface area (Å²) in [6.07, 6.45) is 2.64. The van der Waals surface area contributed by atoms with Crippen molar-refractivity contribution < 1.29 is 5.11 Å². The number of nitrogens with one attached hydrogen (secondary N) is 1. The molecule has 1 atom stereocenters. The molecule has 0 saturated heterocycles. The highest BCUT2D eigenvalue weighted by molar-refractivity contribution is 14.1. The van der Waals surface area contributed by atoms with Gasteiger partial charge in [0, 0.05) is 6.20 Å². The first kappa shape index (κ1) is 10.7. The fraction of sp³-hybridized carbons (Fsp3) is 0.444. The van der Waals surface area contributed by atoms with E-state index < -0.39 is 0 Å². The number of hydrogen-bond acceptors (Lipinski definition) is 3. The average Bonchev–Trinajstić information content (AvgIpc) is 2.17. The molecule has 0 radical (unpaired) electrons. The van der Waals surface area contributed by atoms with E-state index in [4.69, 9.17) is 5.11 Å². The summed E-state index contributed by atoms with van der Waals surface area (Å²) in [5.74, 6) is 0.851. The van der Waals surface area contributed by atoms with Crippen LogP contribution >= 0.6 is 22.6 Å².